The van der Waals surface area contributed by atoms with Gasteiger partial charge < -0.3 is 20.7 Å². The number of hydrogen-bond donors (Lipinski definition) is 3. The van der Waals surface area contributed by atoms with Crippen LogP contribution in [0, 0.1) is 5.92 Å². The lowest BCUT2D eigenvalue weighted by atomic mass is 9.79. The van der Waals surface area contributed by atoms with Crippen LogP contribution >= 0.6 is 0 Å². The Labute approximate surface area is 140 Å². The molecule has 132 valence electrons. The highest BCUT2D eigenvalue weighted by atomic mass is 16.6. The molecular weight excluding hydrogens is 290 g/mol. The second kappa shape index (κ2) is 6.98. The van der Waals surface area contributed by atoms with Gasteiger partial charge in [-0.1, -0.05) is 12.8 Å². The highest BCUT2D eigenvalue weighted by Crippen LogP contribution is 2.33. The minimum atomic E-state index is -0.426. The molecule has 1 heterocycles. The molecular formula is C18H33N3O2. The van der Waals surface area contributed by atoms with E-state index in [1.54, 1.807) is 0 Å². The van der Waals surface area contributed by atoms with Gasteiger partial charge in [0.05, 0.1) is 0 Å². The number of rotatable bonds is 4. The summed E-state index contributed by atoms with van der Waals surface area (Å²) in [6.45, 7) is 6.88. The molecule has 3 aliphatic rings. The first-order chi connectivity index (χ1) is 10.9. The van der Waals surface area contributed by atoms with Crippen LogP contribution in [0.15, 0.2) is 0 Å². The molecule has 1 aliphatic heterocycles. The van der Waals surface area contributed by atoms with Crippen molar-refractivity contribution in [2.45, 2.75) is 95.5 Å². The number of carbonyl (C=O) groups excluding carboxylic acids is 1. The Morgan fingerprint density at radius 2 is 1.83 bits per heavy atom. The average Bonchev–Trinajstić information content (AvgIpc) is 2.98. The molecule has 3 N–H and O–H groups in total. The van der Waals surface area contributed by atoms with Crippen LogP contribution in [0.1, 0.15) is 65.7 Å². The van der Waals surface area contributed by atoms with Crippen molar-refractivity contribution in [3.8, 4) is 0 Å². The Bertz CT molecular complexity index is 415. The van der Waals surface area contributed by atoms with Gasteiger partial charge in [0.25, 0.3) is 0 Å². The molecule has 1 saturated heterocycles. The number of alkyl carbamates (subject to hydrolysis) is 1. The van der Waals surface area contributed by atoms with Crippen molar-refractivity contribution in [3.05, 3.63) is 0 Å². The normalized spacial score (nSPS) is 37.4. The third kappa shape index (κ3) is 4.83. The first-order valence-corrected chi connectivity index (χ1v) is 9.41. The zero-order valence-electron chi connectivity index (χ0n) is 14.9. The Kier molecular flexibility index (Phi) is 5.16. The van der Waals surface area contributed by atoms with Gasteiger partial charge in [0.2, 0.25) is 0 Å². The number of nitrogens with one attached hydrogen (secondary N) is 3. The van der Waals surface area contributed by atoms with E-state index >= 15 is 0 Å². The van der Waals surface area contributed by atoms with E-state index in [-0.39, 0.29) is 12.1 Å². The van der Waals surface area contributed by atoms with Crippen LogP contribution < -0.4 is 16.0 Å². The molecule has 1 amide bonds. The fourth-order valence-electron chi connectivity index (χ4n) is 4.20. The van der Waals surface area contributed by atoms with Crippen molar-refractivity contribution >= 4 is 6.09 Å². The Balaban J connectivity index is 1.45. The number of carbonyl (C=O) groups is 1. The van der Waals surface area contributed by atoms with E-state index in [1.807, 2.05) is 20.8 Å². The van der Waals surface area contributed by atoms with E-state index in [2.05, 4.69) is 16.0 Å². The van der Waals surface area contributed by atoms with Gasteiger partial charge in [-0.05, 0) is 65.3 Å². The van der Waals surface area contributed by atoms with Crippen LogP contribution in [0.25, 0.3) is 0 Å². The third-order valence-corrected chi connectivity index (χ3v) is 5.36. The molecule has 5 heteroatoms. The monoisotopic (exact) mass is 323 g/mol. The lowest BCUT2D eigenvalue weighted by Gasteiger charge is -2.36. The minimum absolute atomic E-state index is 0.240. The molecule has 2 saturated carbocycles. The molecule has 5 nitrogen and oxygen atoms in total. The molecule has 23 heavy (non-hydrogen) atoms. The van der Waals surface area contributed by atoms with Gasteiger partial charge in [-0.2, -0.15) is 0 Å². The quantitative estimate of drug-likeness (QED) is 0.744. The summed E-state index contributed by atoms with van der Waals surface area (Å²) < 4.78 is 5.34. The van der Waals surface area contributed by atoms with Crippen molar-refractivity contribution in [2.75, 3.05) is 6.54 Å². The summed E-state index contributed by atoms with van der Waals surface area (Å²) in [6.07, 6.45) is 8.70. The standard InChI is InChI=1S/C18H33N3O2/c1-18(2,3)23-17(22)21-16-11-15(16)20-14-8-5-4-7-12(14)13-9-6-10-19-13/h12-16,19-20H,4-11H2,1-3H3,(H,21,22). The van der Waals surface area contributed by atoms with Crippen LogP contribution in [-0.4, -0.2) is 42.4 Å². The van der Waals surface area contributed by atoms with Gasteiger partial charge in [-0.25, -0.2) is 4.79 Å². The molecule has 0 aromatic heterocycles. The molecule has 0 radical (unpaired) electrons. The van der Waals surface area contributed by atoms with E-state index in [4.69, 9.17) is 4.74 Å². The van der Waals surface area contributed by atoms with Crippen LogP contribution in [0.3, 0.4) is 0 Å². The summed E-state index contributed by atoms with van der Waals surface area (Å²) in [5.41, 5.74) is -0.426. The summed E-state index contributed by atoms with van der Waals surface area (Å²) in [6, 6.07) is 1.97. The predicted octanol–water partition coefficient (Wildman–Crippen LogP) is 2.55. The molecule has 2 aliphatic carbocycles. The fourth-order valence-corrected chi connectivity index (χ4v) is 4.20. The second-order valence-electron chi connectivity index (χ2n) is 8.52. The maximum atomic E-state index is 11.8. The molecule has 5 unspecified atom stereocenters. The Morgan fingerprint density at radius 3 is 2.52 bits per heavy atom. The van der Waals surface area contributed by atoms with Crippen LogP contribution in [-0.2, 0) is 4.74 Å². The van der Waals surface area contributed by atoms with Crippen LogP contribution in [0.2, 0.25) is 0 Å². The Hall–Kier alpha value is -0.810. The van der Waals surface area contributed by atoms with Crippen molar-refractivity contribution < 1.29 is 9.53 Å². The van der Waals surface area contributed by atoms with Gasteiger partial charge in [0.1, 0.15) is 5.60 Å². The molecule has 3 rings (SSSR count). The van der Waals surface area contributed by atoms with Crippen molar-refractivity contribution in [1.29, 1.82) is 0 Å². The molecule has 5 atom stereocenters. The van der Waals surface area contributed by atoms with E-state index in [0.717, 1.165) is 12.3 Å². The summed E-state index contributed by atoms with van der Waals surface area (Å²) >= 11 is 0. The first-order valence-electron chi connectivity index (χ1n) is 9.41. The molecule has 3 fully saturated rings. The average molecular weight is 323 g/mol. The van der Waals surface area contributed by atoms with Crippen molar-refractivity contribution in [1.82, 2.24) is 16.0 Å². The lowest BCUT2D eigenvalue weighted by Crippen LogP contribution is -2.49. The SMILES string of the molecule is CC(C)(C)OC(=O)NC1CC1NC1CCCCC1C1CCCN1. The Morgan fingerprint density at radius 1 is 1.04 bits per heavy atom. The molecule has 0 bridgehead atoms. The van der Waals surface area contributed by atoms with Crippen molar-refractivity contribution in [3.63, 3.8) is 0 Å². The molecule has 0 aromatic rings. The van der Waals surface area contributed by atoms with E-state index in [0.29, 0.717) is 18.1 Å². The van der Waals surface area contributed by atoms with Gasteiger partial charge >= 0.3 is 6.09 Å². The summed E-state index contributed by atoms with van der Waals surface area (Å²) in [5.74, 6) is 0.758. The van der Waals surface area contributed by atoms with E-state index < -0.39 is 5.60 Å². The van der Waals surface area contributed by atoms with E-state index in [1.165, 1.54) is 45.1 Å². The smallest absolute Gasteiger partial charge is 0.407 e. The highest BCUT2D eigenvalue weighted by molar-refractivity contribution is 5.68. The number of ether oxygens (including phenoxy) is 1. The van der Waals surface area contributed by atoms with Gasteiger partial charge in [0.15, 0.2) is 0 Å². The number of hydrogen-bond acceptors (Lipinski definition) is 4. The van der Waals surface area contributed by atoms with Crippen LogP contribution in [0.5, 0.6) is 0 Å². The second-order valence-corrected chi connectivity index (χ2v) is 8.52. The summed E-state index contributed by atoms with van der Waals surface area (Å²) in [7, 11) is 0. The fraction of sp³-hybridized carbons (Fsp3) is 0.944. The lowest BCUT2D eigenvalue weighted by molar-refractivity contribution is 0.0521. The minimum Gasteiger partial charge on any atom is -0.444 e. The largest absolute Gasteiger partial charge is 0.444 e. The van der Waals surface area contributed by atoms with Gasteiger partial charge in [-0.15, -0.1) is 0 Å². The topological polar surface area (TPSA) is 62.4 Å². The highest BCUT2D eigenvalue weighted by Gasteiger charge is 2.43. The van der Waals surface area contributed by atoms with Gasteiger partial charge in [-0.3, -0.25) is 0 Å². The van der Waals surface area contributed by atoms with Crippen LogP contribution in [0.4, 0.5) is 4.79 Å². The maximum absolute atomic E-state index is 11.8. The summed E-state index contributed by atoms with van der Waals surface area (Å²) in [5, 5.41) is 10.5. The predicted molar refractivity (Wildman–Crippen MR) is 91.5 cm³/mol. The summed E-state index contributed by atoms with van der Waals surface area (Å²) in [4.78, 5) is 11.8. The third-order valence-electron chi connectivity index (χ3n) is 5.36. The first kappa shape index (κ1) is 17.0. The maximum Gasteiger partial charge on any atom is 0.407 e. The molecule has 0 aromatic carbocycles. The van der Waals surface area contributed by atoms with Crippen molar-refractivity contribution in [2.24, 2.45) is 5.92 Å². The van der Waals surface area contributed by atoms with E-state index in [9.17, 15) is 4.79 Å². The zero-order chi connectivity index (χ0) is 16.4. The molecule has 0 spiro atoms. The zero-order valence-corrected chi connectivity index (χ0v) is 14.9. The number of amides is 1. The van der Waals surface area contributed by atoms with Gasteiger partial charge in [0, 0.05) is 24.2 Å².